The molecule has 0 amide bonds. The normalized spacial score (nSPS) is 10.3. The van der Waals surface area contributed by atoms with Crippen LogP contribution < -0.4 is 11.3 Å². The number of nitrogens with zero attached hydrogens (tertiary/aromatic N) is 3. The number of thioether (sulfide) groups is 1. The Balaban J connectivity index is 3.04. The summed E-state index contributed by atoms with van der Waals surface area (Å²) in [6, 6.07) is 0. The lowest BCUT2D eigenvalue weighted by Gasteiger charge is -2.06. The smallest absolute Gasteiger partial charge is 0.322 e. The summed E-state index contributed by atoms with van der Waals surface area (Å²) in [6.07, 6.45) is 0.538. The van der Waals surface area contributed by atoms with Gasteiger partial charge in [-0.3, -0.25) is 15.5 Å². The first-order valence-electron chi connectivity index (χ1n) is 4.83. The number of aryl methyl sites for hydroxylation is 1. The van der Waals surface area contributed by atoms with E-state index in [-0.39, 0.29) is 29.0 Å². The van der Waals surface area contributed by atoms with E-state index >= 15 is 0 Å². The Labute approximate surface area is 102 Å². The average Bonchev–Trinajstić information content (AvgIpc) is 2.28. The molecular weight excluding hydrogens is 246 g/mol. The van der Waals surface area contributed by atoms with Gasteiger partial charge in [-0.2, -0.15) is 4.98 Å². The van der Waals surface area contributed by atoms with E-state index in [4.69, 9.17) is 10.9 Å². The monoisotopic (exact) mass is 259 g/mol. The number of aliphatic hydroxyl groups is 1. The van der Waals surface area contributed by atoms with Crippen LogP contribution in [-0.2, 0) is 0 Å². The highest BCUT2D eigenvalue weighted by Gasteiger charge is 2.21. The first-order chi connectivity index (χ1) is 8.10. The van der Waals surface area contributed by atoms with E-state index in [0.29, 0.717) is 12.2 Å². The highest BCUT2D eigenvalue weighted by molar-refractivity contribution is 7.99. The summed E-state index contributed by atoms with van der Waals surface area (Å²) in [5.41, 5.74) is 2.39. The SMILES string of the molecule is Cc1nc(NN)nc(SCCCO)c1[N+](=O)[O-]. The zero-order valence-corrected chi connectivity index (χ0v) is 10.0. The van der Waals surface area contributed by atoms with Gasteiger partial charge in [-0.05, 0) is 13.3 Å². The van der Waals surface area contributed by atoms with Gasteiger partial charge in [0.15, 0.2) is 5.03 Å². The largest absolute Gasteiger partial charge is 0.396 e. The maximum Gasteiger partial charge on any atom is 0.322 e. The van der Waals surface area contributed by atoms with Crippen LogP contribution in [0.25, 0.3) is 0 Å². The molecule has 0 bridgehead atoms. The summed E-state index contributed by atoms with van der Waals surface area (Å²) in [7, 11) is 0. The van der Waals surface area contributed by atoms with Crippen molar-refractivity contribution in [3.05, 3.63) is 15.8 Å². The number of hydrazine groups is 1. The molecule has 0 aliphatic rings. The van der Waals surface area contributed by atoms with Crippen LogP contribution in [-0.4, -0.2) is 32.4 Å². The van der Waals surface area contributed by atoms with Gasteiger partial charge < -0.3 is 5.11 Å². The van der Waals surface area contributed by atoms with E-state index in [2.05, 4.69) is 15.4 Å². The number of nitro groups is 1. The molecule has 0 aliphatic heterocycles. The van der Waals surface area contributed by atoms with Crippen LogP contribution in [0.1, 0.15) is 12.1 Å². The Morgan fingerprint density at radius 2 is 2.29 bits per heavy atom. The van der Waals surface area contributed by atoms with Gasteiger partial charge in [0.25, 0.3) is 0 Å². The zero-order chi connectivity index (χ0) is 12.8. The minimum Gasteiger partial charge on any atom is -0.396 e. The molecule has 94 valence electrons. The summed E-state index contributed by atoms with van der Waals surface area (Å²) in [5, 5.41) is 19.8. The van der Waals surface area contributed by atoms with E-state index in [1.165, 1.54) is 18.7 Å². The number of rotatable bonds is 6. The molecule has 0 spiro atoms. The summed E-state index contributed by atoms with van der Waals surface area (Å²) < 4.78 is 0. The van der Waals surface area contributed by atoms with Crippen molar-refractivity contribution in [3.8, 4) is 0 Å². The van der Waals surface area contributed by atoms with Crippen LogP contribution in [0.4, 0.5) is 11.6 Å². The number of nitrogens with one attached hydrogen (secondary N) is 1. The minimum absolute atomic E-state index is 0.0346. The van der Waals surface area contributed by atoms with Crippen LogP contribution in [0.15, 0.2) is 5.03 Å². The fourth-order valence-electron chi connectivity index (χ4n) is 1.15. The van der Waals surface area contributed by atoms with Gasteiger partial charge in [0, 0.05) is 12.4 Å². The van der Waals surface area contributed by atoms with E-state index in [0.717, 1.165) is 0 Å². The van der Waals surface area contributed by atoms with Crippen molar-refractivity contribution in [1.29, 1.82) is 0 Å². The van der Waals surface area contributed by atoms with E-state index < -0.39 is 4.92 Å². The predicted octanol–water partition coefficient (Wildman–Crippen LogP) is 0.453. The third kappa shape index (κ3) is 3.51. The zero-order valence-electron chi connectivity index (χ0n) is 9.21. The molecule has 0 saturated carbocycles. The fourth-order valence-corrected chi connectivity index (χ4v) is 2.13. The summed E-state index contributed by atoms with van der Waals surface area (Å²) >= 11 is 1.20. The molecule has 0 aromatic carbocycles. The van der Waals surface area contributed by atoms with Crippen molar-refractivity contribution in [1.82, 2.24) is 9.97 Å². The molecule has 0 fully saturated rings. The second-order valence-corrected chi connectivity index (χ2v) is 4.20. The Hall–Kier alpha value is -1.45. The van der Waals surface area contributed by atoms with Gasteiger partial charge in [-0.25, -0.2) is 10.8 Å². The van der Waals surface area contributed by atoms with Crippen molar-refractivity contribution in [3.63, 3.8) is 0 Å². The second kappa shape index (κ2) is 6.33. The standard InChI is InChI=1S/C8H13N5O3S/c1-5-6(13(15)16)7(17-4-2-3-14)11-8(10-5)12-9/h14H,2-4,9H2,1H3,(H,10,11,12). The van der Waals surface area contributed by atoms with Gasteiger partial charge in [-0.15, -0.1) is 0 Å². The quantitative estimate of drug-likeness (QED) is 0.168. The van der Waals surface area contributed by atoms with Crippen molar-refractivity contribution in [2.24, 2.45) is 5.84 Å². The van der Waals surface area contributed by atoms with E-state index in [1.807, 2.05) is 0 Å². The van der Waals surface area contributed by atoms with Gasteiger partial charge in [0.2, 0.25) is 5.95 Å². The third-order valence-electron chi connectivity index (χ3n) is 1.88. The minimum atomic E-state index is -0.517. The Morgan fingerprint density at radius 3 is 2.82 bits per heavy atom. The molecule has 1 aromatic heterocycles. The molecule has 0 saturated heterocycles. The maximum atomic E-state index is 10.9. The molecule has 0 aliphatic carbocycles. The highest BCUT2D eigenvalue weighted by atomic mass is 32.2. The first kappa shape index (κ1) is 13.6. The summed E-state index contributed by atoms with van der Waals surface area (Å²) in [6.45, 7) is 1.56. The number of nitrogen functional groups attached to an aromatic ring is 1. The number of aliphatic hydroxyl groups excluding tert-OH is 1. The number of nitrogens with two attached hydrogens (primary N) is 1. The van der Waals surface area contributed by atoms with Crippen LogP contribution in [0.2, 0.25) is 0 Å². The number of aromatic nitrogens is 2. The number of anilines is 1. The summed E-state index contributed by atoms with van der Waals surface area (Å²) in [4.78, 5) is 18.2. The second-order valence-electron chi connectivity index (χ2n) is 3.11. The average molecular weight is 259 g/mol. The molecule has 0 radical (unpaired) electrons. The van der Waals surface area contributed by atoms with Crippen molar-refractivity contribution < 1.29 is 10.0 Å². The maximum absolute atomic E-state index is 10.9. The first-order valence-corrected chi connectivity index (χ1v) is 5.82. The van der Waals surface area contributed by atoms with Crippen LogP contribution in [0.3, 0.4) is 0 Å². The van der Waals surface area contributed by atoms with E-state index in [9.17, 15) is 10.1 Å². The molecule has 0 unspecified atom stereocenters. The summed E-state index contributed by atoms with van der Waals surface area (Å²) in [5.74, 6) is 5.85. The van der Waals surface area contributed by atoms with Crippen LogP contribution in [0.5, 0.6) is 0 Å². The Kier molecular flexibility index (Phi) is 5.07. The van der Waals surface area contributed by atoms with E-state index in [1.54, 1.807) is 0 Å². The molecular formula is C8H13N5O3S. The van der Waals surface area contributed by atoms with Gasteiger partial charge in [-0.1, -0.05) is 11.8 Å². The number of hydrogen-bond acceptors (Lipinski definition) is 8. The molecule has 1 heterocycles. The Bertz CT molecular complexity index is 414. The Morgan fingerprint density at radius 1 is 1.59 bits per heavy atom. The topological polar surface area (TPSA) is 127 Å². The molecule has 0 atom stereocenters. The van der Waals surface area contributed by atoms with Gasteiger partial charge in [0.1, 0.15) is 5.69 Å². The fraction of sp³-hybridized carbons (Fsp3) is 0.500. The molecule has 1 aromatic rings. The molecule has 17 heavy (non-hydrogen) atoms. The number of hydrogen-bond donors (Lipinski definition) is 3. The highest BCUT2D eigenvalue weighted by Crippen LogP contribution is 2.30. The predicted molar refractivity (Wildman–Crippen MR) is 63.7 cm³/mol. The van der Waals surface area contributed by atoms with Crippen molar-refractivity contribution in [2.45, 2.75) is 18.4 Å². The molecule has 9 heteroatoms. The lowest BCUT2D eigenvalue weighted by Crippen LogP contribution is -2.12. The third-order valence-corrected chi connectivity index (χ3v) is 2.93. The lowest BCUT2D eigenvalue weighted by atomic mass is 10.4. The van der Waals surface area contributed by atoms with Crippen LogP contribution in [0, 0.1) is 17.0 Å². The van der Waals surface area contributed by atoms with Crippen LogP contribution >= 0.6 is 11.8 Å². The molecule has 4 N–H and O–H groups in total. The molecule has 1 rings (SSSR count). The van der Waals surface area contributed by atoms with Gasteiger partial charge >= 0.3 is 5.69 Å². The van der Waals surface area contributed by atoms with Crippen molar-refractivity contribution >= 4 is 23.4 Å². The molecule has 8 nitrogen and oxygen atoms in total. The lowest BCUT2D eigenvalue weighted by molar-refractivity contribution is -0.389. The van der Waals surface area contributed by atoms with Crippen molar-refractivity contribution in [2.75, 3.05) is 17.8 Å². The van der Waals surface area contributed by atoms with Gasteiger partial charge in [0.05, 0.1) is 4.92 Å².